The summed E-state index contributed by atoms with van der Waals surface area (Å²) in [6.07, 6.45) is 1.80. The molecule has 0 fully saturated rings. The number of nitrogens with two attached hydrogens (primary N) is 1. The maximum atomic E-state index is 7.39. The number of hydrogen-bond acceptors (Lipinski definition) is 2. The van der Waals surface area contributed by atoms with Crippen molar-refractivity contribution in [2.75, 3.05) is 0 Å². The van der Waals surface area contributed by atoms with E-state index in [0.29, 0.717) is 0 Å². The van der Waals surface area contributed by atoms with Crippen molar-refractivity contribution >= 4 is 16.9 Å². The quantitative estimate of drug-likeness (QED) is 0.568. The van der Waals surface area contributed by atoms with Crippen LogP contribution in [-0.2, 0) is 19.9 Å². The molecule has 2 aromatic carbocycles. The first-order valence-electron chi connectivity index (χ1n) is 6.90. The van der Waals surface area contributed by atoms with Gasteiger partial charge >= 0.3 is 0 Å². The second-order valence-corrected chi connectivity index (χ2v) is 5.11. The van der Waals surface area contributed by atoms with Crippen molar-refractivity contribution in [3.8, 4) is 0 Å². The van der Waals surface area contributed by atoms with E-state index in [9.17, 15) is 0 Å². The van der Waals surface area contributed by atoms with E-state index >= 15 is 0 Å². The third-order valence-corrected chi connectivity index (χ3v) is 3.72. The van der Waals surface area contributed by atoms with Crippen molar-refractivity contribution in [1.29, 1.82) is 5.41 Å². The second-order valence-electron chi connectivity index (χ2n) is 5.11. The topological polar surface area (TPSA) is 67.7 Å². The van der Waals surface area contributed by atoms with Gasteiger partial charge in [0, 0.05) is 19.0 Å². The van der Waals surface area contributed by atoms with Gasteiger partial charge in [0.05, 0.1) is 11.0 Å². The Bertz CT molecular complexity index is 784. The summed E-state index contributed by atoms with van der Waals surface area (Å²) in [6.45, 7) is 0. The van der Waals surface area contributed by atoms with E-state index in [1.165, 1.54) is 5.56 Å². The lowest BCUT2D eigenvalue weighted by atomic mass is 10.1. The second kappa shape index (κ2) is 5.40. The van der Waals surface area contributed by atoms with E-state index in [2.05, 4.69) is 15.6 Å². The highest BCUT2D eigenvalue weighted by molar-refractivity contribution is 5.94. The lowest BCUT2D eigenvalue weighted by Gasteiger charge is -2.04. The molecule has 0 aliphatic carbocycles. The molecule has 21 heavy (non-hydrogen) atoms. The summed E-state index contributed by atoms with van der Waals surface area (Å²) in [5, 5.41) is 7.39. The molecule has 1 heterocycles. The van der Waals surface area contributed by atoms with Crippen molar-refractivity contribution < 1.29 is 0 Å². The van der Waals surface area contributed by atoms with Crippen LogP contribution in [0.15, 0.2) is 42.5 Å². The highest BCUT2D eigenvalue weighted by atomic mass is 15.1. The molecule has 4 nitrogen and oxygen atoms in total. The van der Waals surface area contributed by atoms with Gasteiger partial charge in [0.2, 0.25) is 0 Å². The third kappa shape index (κ3) is 2.65. The normalized spacial score (nSPS) is 10.9. The summed E-state index contributed by atoms with van der Waals surface area (Å²) >= 11 is 0. The Hall–Kier alpha value is -2.62. The Morgan fingerprint density at radius 1 is 1.24 bits per heavy atom. The van der Waals surface area contributed by atoms with Gasteiger partial charge in [0.25, 0.3) is 0 Å². The standard InChI is InChI=1S/C17H17N4/c1-21-15-5-3-2-4-14(15)20-16(21)11-8-12-6-9-13(10-7-12)17(18)19/h3-7,9-10H,8,11H2,1H3,(H3,18,19). The number of fused-ring (bicyclic) bond motifs is 1. The van der Waals surface area contributed by atoms with Crippen molar-refractivity contribution in [2.24, 2.45) is 12.8 Å². The van der Waals surface area contributed by atoms with Gasteiger partial charge in [0.15, 0.2) is 0 Å². The monoisotopic (exact) mass is 277 g/mol. The fraction of sp³-hybridized carbons (Fsp3) is 0.176. The van der Waals surface area contributed by atoms with E-state index in [1.807, 2.05) is 49.5 Å². The zero-order valence-corrected chi connectivity index (χ0v) is 11.9. The number of aromatic nitrogens is 2. The number of hydrogen-bond donors (Lipinski definition) is 2. The Kier molecular flexibility index (Phi) is 3.44. The number of nitrogens with zero attached hydrogens (tertiary/aromatic N) is 2. The lowest BCUT2D eigenvalue weighted by Crippen LogP contribution is -2.10. The van der Waals surface area contributed by atoms with Gasteiger partial charge in [-0.1, -0.05) is 30.3 Å². The number of amidine groups is 1. The first kappa shape index (κ1) is 13.4. The van der Waals surface area contributed by atoms with Gasteiger partial charge in [-0.2, -0.15) is 0 Å². The number of nitrogens with one attached hydrogen (secondary N) is 1. The molecule has 0 amide bonds. The first-order chi connectivity index (χ1) is 10.1. The van der Waals surface area contributed by atoms with E-state index in [0.717, 1.165) is 35.3 Å². The Morgan fingerprint density at radius 2 is 2.00 bits per heavy atom. The third-order valence-electron chi connectivity index (χ3n) is 3.72. The van der Waals surface area contributed by atoms with Crippen molar-refractivity contribution in [3.63, 3.8) is 0 Å². The highest BCUT2D eigenvalue weighted by Crippen LogP contribution is 2.15. The number of rotatable bonds is 4. The first-order valence-corrected chi connectivity index (χ1v) is 6.90. The van der Waals surface area contributed by atoms with Gasteiger partial charge in [0.1, 0.15) is 11.7 Å². The molecule has 0 atom stereocenters. The molecule has 0 spiro atoms. The average molecular weight is 277 g/mol. The predicted octanol–water partition coefficient (Wildman–Crippen LogP) is 2.44. The highest BCUT2D eigenvalue weighted by Gasteiger charge is 2.07. The predicted molar refractivity (Wildman–Crippen MR) is 84.4 cm³/mol. The van der Waals surface area contributed by atoms with E-state index in [4.69, 9.17) is 11.1 Å². The van der Waals surface area contributed by atoms with Crippen LogP contribution in [0.25, 0.3) is 11.0 Å². The summed E-state index contributed by atoms with van der Waals surface area (Å²) in [7, 11) is 2.05. The van der Waals surface area contributed by atoms with Crippen LogP contribution in [0, 0.1) is 11.5 Å². The molecule has 0 aliphatic rings. The average Bonchev–Trinajstić information content (AvgIpc) is 2.82. The van der Waals surface area contributed by atoms with E-state index < -0.39 is 0 Å². The number of imidazole rings is 1. The molecule has 4 heteroatoms. The largest absolute Gasteiger partial charge is 0.384 e. The molecule has 1 radical (unpaired) electrons. The van der Waals surface area contributed by atoms with Crippen LogP contribution >= 0.6 is 0 Å². The molecule has 3 rings (SSSR count). The summed E-state index contributed by atoms with van der Waals surface area (Å²) < 4.78 is 2.13. The zero-order chi connectivity index (χ0) is 14.8. The molecule has 0 saturated heterocycles. The fourth-order valence-electron chi connectivity index (χ4n) is 2.47. The molecule has 3 aromatic rings. The summed E-state index contributed by atoms with van der Waals surface area (Å²) in [5.74, 6) is 1.17. The zero-order valence-electron chi connectivity index (χ0n) is 11.9. The Balaban J connectivity index is 1.77. The van der Waals surface area contributed by atoms with Crippen molar-refractivity contribution in [1.82, 2.24) is 9.55 Å². The van der Waals surface area contributed by atoms with Crippen LogP contribution in [0.3, 0.4) is 0 Å². The van der Waals surface area contributed by atoms with Gasteiger partial charge < -0.3 is 10.3 Å². The molecule has 0 saturated carbocycles. The maximum Gasteiger partial charge on any atom is 0.122 e. The van der Waals surface area contributed by atoms with E-state index in [-0.39, 0.29) is 5.84 Å². The number of benzene rings is 2. The van der Waals surface area contributed by atoms with Gasteiger partial charge in [-0.3, -0.25) is 5.41 Å². The number of nitrogen functional groups attached to an aromatic ring is 1. The van der Waals surface area contributed by atoms with Crippen LogP contribution in [0.5, 0.6) is 0 Å². The molecule has 105 valence electrons. The fourth-order valence-corrected chi connectivity index (χ4v) is 2.47. The van der Waals surface area contributed by atoms with Crippen LogP contribution < -0.4 is 5.73 Å². The minimum atomic E-state index is 0.105. The van der Waals surface area contributed by atoms with Crippen molar-refractivity contribution in [3.05, 3.63) is 65.5 Å². The lowest BCUT2D eigenvalue weighted by molar-refractivity contribution is 0.787. The molecule has 0 unspecified atom stereocenters. The number of aryl methyl sites for hydroxylation is 3. The summed E-state index contributed by atoms with van der Waals surface area (Å²) in [6, 6.07) is 16.7. The molecule has 0 bridgehead atoms. The van der Waals surface area contributed by atoms with E-state index in [1.54, 1.807) is 0 Å². The molecular weight excluding hydrogens is 260 g/mol. The molecule has 1 aromatic heterocycles. The van der Waals surface area contributed by atoms with Crippen LogP contribution in [-0.4, -0.2) is 15.4 Å². The smallest absolute Gasteiger partial charge is 0.122 e. The molecular formula is C17H17N4. The van der Waals surface area contributed by atoms with Gasteiger partial charge in [-0.15, -0.1) is 0 Å². The van der Waals surface area contributed by atoms with Crippen LogP contribution in [0.4, 0.5) is 0 Å². The summed E-state index contributed by atoms with van der Waals surface area (Å²) in [5.41, 5.74) is 9.56. The summed E-state index contributed by atoms with van der Waals surface area (Å²) in [4.78, 5) is 4.65. The van der Waals surface area contributed by atoms with Gasteiger partial charge in [-0.05, 0) is 30.2 Å². The van der Waals surface area contributed by atoms with Crippen LogP contribution in [0.1, 0.15) is 17.0 Å². The maximum absolute atomic E-state index is 7.39. The Labute approximate surface area is 123 Å². The van der Waals surface area contributed by atoms with Crippen molar-refractivity contribution in [2.45, 2.75) is 12.8 Å². The van der Waals surface area contributed by atoms with Crippen LogP contribution in [0.2, 0.25) is 0 Å². The minimum absolute atomic E-state index is 0.105. The Morgan fingerprint density at radius 3 is 2.67 bits per heavy atom. The SMILES string of the molecule is Cn1c(CCc2ccc(C(=N)N)cc2)nc2c[c]ccc21. The van der Waals surface area contributed by atoms with Gasteiger partial charge in [-0.25, -0.2) is 4.98 Å². The molecule has 3 N–H and O–H groups in total. The minimum Gasteiger partial charge on any atom is -0.384 e. The molecule has 0 aliphatic heterocycles.